The van der Waals surface area contributed by atoms with Crippen molar-refractivity contribution in [2.75, 3.05) is 39.6 Å². The van der Waals surface area contributed by atoms with Crippen molar-refractivity contribution >= 4 is 29.4 Å². The van der Waals surface area contributed by atoms with E-state index in [2.05, 4.69) is 5.32 Å². The maximum atomic E-state index is 12.0. The Balaban J connectivity index is 0. The highest BCUT2D eigenvalue weighted by molar-refractivity contribution is 6.62. The quantitative estimate of drug-likeness (QED) is 0.253. The summed E-state index contributed by atoms with van der Waals surface area (Å²) < 4.78 is 33.7. The van der Waals surface area contributed by atoms with Gasteiger partial charge in [-0.15, -0.1) is 0 Å². The van der Waals surface area contributed by atoms with Crippen LogP contribution in [0.5, 0.6) is 0 Å². The molecule has 0 radical (unpaired) electrons. The molecule has 0 aromatic rings. The molecular formula is C21H48N2O8Si2. The first-order valence-corrected chi connectivity index (χ1v) is 16.1. The van der Waals surface area contributed by atoms with E-state index in [9.17, 15) is 9.59 Å². The Morgan fingerprint density at radius 2 is 1.12 bits per heavy atom. The lowest BCUT2D eigenvalue weighted by molar-refractivity contribution is -0.122. The van der Waals surface area contributed by atoms with Crippen molar-refractivity contribution in [2.45, 2.75) is 86.4 Å². The Hall–Kier alpha value is -0.866. The number of hydrogen-bond donors (Lipinski definition) is 2. The van der Waals surface area contributed by atoms with Crippen LogP contribution in [-0.2, 0) is 36.1 Å². The molecule has 0 rings (SSSR count). The van der Waals surface area contributed by atoms with Crippen LogP contribution in [0, 0.1) is 0 Å². The van der Waals surface area contributed by atoms with Gasteiger partial charge in [0.25, 0.3) is 0 Å². The Kier molecular flexibility index (Phi) is 21.3. The van der Waals surface area contributed by atoms with E-state index in [0.717, 1.165) is 0 Å². The highest BCUT2D eigenvalue weighted by Gasteiger charge is 2.49. The van der Waals surface area contributed by atoms with E-state index in [0.29, 0.717) is 52.5 Å². The minimum atomic E-state index is -2.97. The molecule has 33 heavy (non-hydrogen) atoms. The van der Waals surface area contributed by atoms with Gasteiger partial charge < -0.3 is 37.6 Å². The van der Waals surface area contributed by atoms with Crippen LogP contribution in [0.25, 0.3) is 0 Å². The van der Waals surface area contributed by atoms with Crippen molar-refractivity contribution in [1.82, 2.24) is 5.32 Å². The number of amides is 2. The molecule has 0 spiro atoms. The third-order valence-electron chi connectivity index (χ3n) is 4.25. The van der Waals surface area contributed by atoms with E-state index in [-0.39, 0.29) is 24.4 Å². The topological polar surface area (TPSA) is 128 Å². The van der Waals surface area contributed by atoms with Crippen molar-refractivity contribution in [1.29, 1.82) is 0 Å². The average molecular weight is 513 g/mol. The van der Waals surface area contributed by atoms with E-state index in [1.54, 1.807) is 0 Å². The fourth-order valence-corrected chi connectivity index (χ4v) is 7.79. The fourth-order valence-electron chi connectivity index (χ4n) is 3.07. The summed E-state index contributed by atoms with van der Waals surface area (Å²) in [4.78, 5) is 22.8. The molecule has 0 bridgehead atoms. The van der Waals surface area contributed by atoms with Crippen LogP contribution < -0.4 is 11.1 Å². The molecule has 10 nitrogen and oxygen atoms in total. The molecule has 0 fully saturated rings. The van der Waals surface area contributed by atoms with Gasteiger partial charge >= 0.3 is 17.6 Å². The molecule has 0 aromatic carbocycles. The third-order valence-corrected chi connectivity index (χ3v) is 10.2. The van der Waals surface area contributed by atoms with Crippen molar-refractivity contribution in [3.8, 4) is 0 Å². The molecule has 0 aliphatic carbocycles. The van der Waals surface area contributed by atoms with Gasteiger partial charge in [0.2, 0.25) is 11.8 Å². The molecule has 1 atom stereocenters. The predicted octanol–water partition coefficient (Wildman–Crippen LogP) is 2.79. The minimum Gasteiger partial charge on any atom is -0.374 e. The van der Waals surface area contributed by atoms with Crippen LogP contribution >= 0.6 is 0 Å². The number of hydrogen-bond acceptors (Lipinski definition) is 8. The molecule has 3 N–H and O–H groups in total. The zero-order valence-corrected chi connectivity index (χ0v) is 24.0. The molecule has 0 aromatic heterocycles. The Morgan fingerprint density at radius 3 is 1.42 bits per heavy atom. The molecule has 12 heteroatoms. The second-order valence-corrected chi connectivity index (χ2v) is 12.3. The van der Waals surface area contributed by atoms with E-state index < -0.39 is 23.5 Å². The lowest BCUT2D eigenvalue weighted by Crippen LogP contribution is -2.62. The fraction of sp³-hybridized carbons (Fsp3) is 0.905. The van der Waals surface area contributed by atoms with Crippen molar-refractivity contribution < 1.29 is 36.1 Å². The first-order chi connectivity index (χ1) is 15.6. The number of primary amides is 1. The molecule has 0 aliphatic heterocycles. The second-order valence-electron chi connectivity index (χ2n) is 6.91. The number of carbonyl (C=O) groups excluding carboxylic acids is 2. The summed E-state index contributed by atoms with van der Waals surface area (Å²) in [6.07, 6.45) is 1.53. The Bertz CT molecular complexity index is 481. The van der Waals surface area contributed by atoms with Gasteiger partial charge in [-0.25, -0.2) is 0 Å². The lowest BCUT2D eigenvalue weighted by atomic mass is 10.2. The summed E-state index contributed by atoms with van der Waals surface area (Å²) >= 11 is 0. The normalized spacial score (nSPS) is 12.6. The number of nitrogens with one attached hydrogen (secondary N) is 1. The van der Waals surface area contributed by atoms with Gasteiger partial charge in [0.1, 0.15) is 0 Å². The van der Waals surface area contributed by atoms with Crippen LogP contribution in [-0.4, -0.2) is 74.7 Å². The first kappa shape index (κ1) is 34.3. The summed E-state index contributed by atoms with van der Waals surface area (Å²) in [7, 11) is -5.22. The highest BCUT2D eigenvalue weighted by atomic mass is 28.4. The van der Waals surface area contributed by atoms with Crippen LogP contribution in [0.4, 0.5) is 0 Å². The van der Waals surface area contributed by atoms with Gasteiger partial charge in [-0.3, -0.25) is 9.59 Å². The average Bonchev–Trinajstić information content (AvgIpc) is 2.73. The summed E-state index contributed by atoms with van der Waals surface area (Å²) in [5.74, 6) is -0.550. The highest BCUT2D eigenvalue weighted by Crippen LogP contribution is 2.18. The van der Waals surface area contributed by atoms with Crippen LogP contribution in [0.2, 0.25) is 6.55 Å². The number of nitrogens with two attached hydrogens (primary N) is 1. The minimum absolute atomic E-state index is 0.149. The molecule has 1 unspecified atom stereocenters. The summed E-state index contributed by atoms with van der Waals surface area (Å²) in [6.45, 7) is 18.7. The Morgan fingerprint density at radius 1 is 0.727 bits per heavy atom. The lowest BCUT2D eigenvalue weighted by Gasteiger charge is -2.35. The van der Waals surface area contributed by atoms with Crippen LogP contribution in [0.15, 0.2) is 0 Å². The predicted molar refractivity (Wildman–Crippen MR) is 132 cm³/mol. The van der Waals surface area contributed by atoms with Gasteiger partial charge in [-0.1, -0.05) is 6.92 Å². The van der Waals surface area contributed by atoms with Gasteiger partial charge in [0.05, 0.1) is 5.67 Å². The van der Waals surface area contributed by atoms with E-state index in [4.69, 9.17) is 32.3 Å². The molecule has 2 amide bonds. The van der Waals surface area contributed by atoms with Crippen LogP contribution in [0.3, 0.4) is 0 Å². The summed E-state index contributed by atoms with van der Waals surface area (Å²) in [5.41, 5.74) is 4.77. The molecule has 0 heterocycles. The van der Waals surface area contributed by atoms with E-state index in [1.165, 1.54) is 0 Å². The third kappa shape index (κ3) is 15.6. The number of carbonyl (C=O) groups is 2. The zero-order valence-electron chi connectivity index (χ0n) is 22.0. The molecule has 0 saturated carbocycles. The Labute approximate surface area is 202 Å². The molecule has 0 aliphatic rings. The summed E-state index contributed by atoms with van der Waals surface area (Å²) in [6, 6.07) is 0. The van der Waals surface area contributed by atoms with Gasteiger partial charge in [-0.2, -0.15) is 0 Å². The van der Waals surface area contributed by atoms with Crippen LogP contribution in [0.1, 0.15) is 74.1 Å². The maximum absolute atomic E-state index is 12.0. The molecule has 198 valence electrons. The monoisotopic (exact) mass is 512 g/mol. The van der Waals surface area contributed by atoms with Gasteiger partial charge in [-0.05, 0) is 54.4 Å². The maximum Gasteiger partial charge on any atom is 0.524 e. The largest absolute Gasteiger partial charge is 0.524 e. The smallest absolute Gasteiger partial charge is 0.374 e. The van der Waals surface area contributed by atoms with Gasteiger partial charge in [0.15, 0.2) is 0 Å². The first-order valence-electron chi connectivity index (χ1n) is 12.0. The van der Waals surface area contributed by atoms with Crippen molar-refractivity contribution in [2.24, 2.45) is 5.73 Å². The van der Waals surface area contributed by atoms with E-state index >= 15 is 0 Å². The van der Waals surface area contributed by atoms with Crippen molar-refractivity contribution in [3.63, 3.8) is 0 Å². The van der Waals surface area contributed by atoms with E-state index in [1.807, 2.05) is 55.0 Å². The molecular weight excluding hydrogens is 464 g/mol. The standard InChI is InChI=1S/C14H30N2O5Si.C7H18O3Si/c1-5-14(16-13(18)11-9-10-12(15)17)22(19-6-2,20-7-3)21-8-4;1-5-8-11(4,9-6-2)10-7-3/h14H,5-11H2,1-4H3,(H2,15,17)(H,16,18);5-7H2,1-4H3. The number of rotatable bonds is 19. The second kappa shape index (κ2) is 20.5. The van der Waals surface area contributed by atoms with Gasteiger partial charge in [0, 0.05) is 59.0 Å². The SMILES string of the molecule is CCO[Si](C)(OCC)OCC.CCO[Si](OCC)(OCC)C(CC)NC(=O)CCCC(N)=O. The zero-order chi connectivity index (χ0) is 25.8. The molecule has 0 saturated heterocycles. The summed E-state index contributed by atoms with van der Waals surface area (Å²) in [5, 5.41) is 2.93. The van der Waals surface area contributed by atoms with Crippen molar-refractivity contribution in [3.05, 3.63) is 0 Å².